The highest BCUT2D eigenvalue weighted by Crippen LogP contribution is 2.28. The highest BCUT2D eigenvalue weighted by molar-refractivity contribution is 7.86. The van der Waals surface area contributed by atoms with Crippen LogP contribution in [0.5, 0.6) is 0 Å². The molecule has 0 aliphatic carbocycles. The number of aliphatic imine (C=N–C) groups is 2. The van der Waals surface area contributed by atoms with E-state index in [4.69, 9.17) is 11.5 Å². The lowest BCUT2D eigenvalue weighted by Crippen LogP contribution is -2.54. The summed E-state index contributed by atoms with van der Waals surface area (Å²) >= 11 is 0. The molecule has 0 saturated heterocycles. The lowest BCUT2D eigenvalue weighted by molar-refractivity contribution is -0.115. The average molecular weight is 432 g/mol. The molecule has 0 unspecified atom stereocenters. The van der Waals surface area contributed by atoms with E-state index in [1.807, 2.05) is 19.9 Å². The number of nitrogens with zero attached hydrogens (tertiary/aromatic N) is 3. The number of rotatable bonds is 5. The summed E-state index contributed by atoms with van der Waals surface area (Å²) in [6.45, 7) is 3.67. The van der Waals surface area contributed by atoms with Crippen molar-refractivity contribution in [3.8, 4) is 0 Å². The molecule has 2 aromatic rings. The zero-order valence-electron chi connectivity index (χ0n) is 16.3. The molecule has 158 valence electrons. The van der Waals surface area contributed by atoms with E-state index in [9.17, 15) is 17.1 Å². The number of anilines is 2. The third-order valence-electron chi connectivity index (χ3n) is 4.35. The number of halogens is 1. The summed E-state index contributed by atoms with van der Waals surface area (Å²) in [7, 11) is -4.78. The van der Waals surface area contributed by atoms with E-state index in [1.54, 1.807) is 23.1 Å². The van der Waals surface area contributed by atoms with E-state index >= 15 is 0 Å². The summed E-state index contributed by atoms with van der Waals surface area (Å²) < 4.78 is 34.7. The van der Waals surface area contributed by atoms with E-state index in [-0.39, 0.29) is 24.2 Å². The Morgan fingerprint density at radius 1 is 1.17 bits per heavy atom. The van der Waals surface area contributed by atoms with Crippen molar-refractivity contribution < 1.29 is 17.1 Å². The zero-order valence-corrected chi connectivity index (χ0v) is 17.1. The minimum Gasteiger partial charge on any atom is -0.369 e. The Hall–Kier alpha value is -3.47. The second kappa shape index (κ2) is 7.75. The fourth-order valence-corrected chi connectivity index (χ4v) is 3.61. The van der Waals surface area contributed by atoms with Crippen molar-refractivity contribution >= 4 is 39.4 Å². The summed E-state index contributed by atoms with van der Waals surface area (Å²) in [5.74, 6) is -0.0438. The van der Waals surface area contributed by atoms with Crippen LogP contribution in [0.15, 0.2) is 63.4 Å². The first-order valence-electron chi connectivity index (χ1n) is 8.89. The summed E-state index contributed by atoms with van der Waals surface area (Å²) in [6.07, 6.45) is 0.0493. The monoisotopic (exact) mass is 432 g/mol. The predicted octanol–water partition coefficient (Wildman–Crippen LogP) is 1.71. The first-order chi connectivity index (χ1) is 14.0. The van der Waals surface area contributed by atoms with Gasteiger partial charge in [-0.05, 0) is 55.8 Å². The van der Waals surface area contributed by atoms with E-state index < -0.39 is 20.8 Å². The Balaban J connectivity index is 1.74. The van der Waals surface area contributed by atoms with Crippen LogP contribution in [-0.4, -0.2) is 31.9 Å². The number of guanidine groups is 2. The lowest BCUT2D eigenvalue weighted by atomic mass is 10.1. The third-order valence-corrected chi connectivity index (χ3v) is 5.18. The Kier molecular flexibility index (Phi) is 5.49. The van der Waals surface area contributed by atoms with Crippen molar-refractivity contribution in [3.05, 3.63) is 54.1 Å². The predicted molar refractivity (Wildman–Crippen MR) is 113 cm³/mol. The number of hydrogen-bond donors (Lipinski definition) is 3. The minimum atomic E-state index is -4.78. The smallest absolute Gasteiger partial charge is 0.332 e. The molecule has 2 aromatic carbocycles. The number of carbonyl (C=O) groups is 1. The van der Waals surface area contributed by atoms with Crippen LogP contribution in [-0.2, 0) is 21.4 Å². The Morgan fingerprint density at radius 3 is 2.43 bits per heavy atom. The van der Waals surface area contributed by atoms with Crippen molar-refractivity contribution in [1.82, 2.24) is 0 Å². The minimum absolute atomic E-state index is 0.0493. The maximum absolute atomic E-state index is 12.9. The second-order valence-corrected chi connectivity index (χ2v) is 8.47. The van der Waals surface area contributed by atoms with Crippen LogP contribution in [0.2, 0.25) is 0 Å². The Labute approximate surface area is 173 Å². The van der Waals surface area contributed by atoms with Gasteiger partial charge in [0.05, 0.1) is 11.3 Å². The van der Waals surface area contributed by atoms with Crippen molar-refractivity contribution in [2.45, 2.75) is 30.8 Å². The van der Waals surface area contributed by atoms with Crippen LogP contribution < -0.4 is 21.7 Å². The van der Waals surface area contributed by atoms with Gasteiger partial charge >= 0.3 is 10.2 Å². The molecule has 5 N–H and O–H groups in total. The van der Waals surface area contributed by atoms with Gasteiger partial charge in [-0.2, -0.15) is 13.4 Å². The molecule has 1 aliphatic heterocycles. The molecule has 11 heteroatoms. The van der Waals surface area contributed by atoms with Crippen LogP contribution in [0.3, 0.4) is 0 Å². The maximum Gasteiger partial charge on any atom is 0.332 e. The number of nitrogens with two attached hydrogens (primary N) is 2. The molecular formula is C19H21FN6O3S. The van der Waals surface area contributed by atoms with Gasteiger partial charge in [-0.25, -0.2) is 4.99 Å². The van der Waals surface area contributed by atoms with Crippen molar-refractivity contribution in [1.29, 1.82) is 0 Å². The molecule has 0 aromatic heterocycles. The standard InChI is InChI=1S/C19H21FN6O3S/c1-19(2)25-17(21)24-18(22)26(19)14-5-3-4-12(10-14)11-16(27)23-13-6-8-15(9-7-13)30(20,28)29/h3-10H,11H2,1-2H3,(H,23,27)(H4,21,22,24,25). The van der Waals surface area contributed by atoms with Gasteiger partial charge in [-0.1, -0.05) is 12.1 Å². The van der Waals surface area contributed by atoms with Crippen molar-refractivity contribution in [2.24, 2.45) is 21.5 Å². The molecule has 0 saturated carbocycles. The van der Waals surface area contributed by atoms with Gasteiger partial charge in [0, 0.05) is 11.4 Å². The molecule has 1 heterocycles. The van der Waals surface area contributed by atoms with E-state index in [1.165, 1.54) is 12.1 Å². The number of nitrogens with one attached hydrogen (secondary N) is 1. The quantitative estimate of drug-likeness (QED) is 0.614. The molecule has 0 bridgehead atoms. The fraction of sp³-hybridized carbons (Fsp3) is 0.211. The molecular weight excluding hydrogens is 411 g/mol. The van der Waals surface area contributed by atoms with Gasteiger partial charge in [-0.15, -0.1) is 3.89 Å². The molecule has 9 nitrogen and oxygen atoms in total. The summed E-state index contributed by atoms with van der Waals surface area (Å²) in [5.41, 5.74) is 12.7. The highest BCUT2D eigenvalue weighted by Gasteiger charge is 2.33. The van der Waals surface area contributed by atoms with Gasteiger partial charge in [0.25, 0.3) is 0 Å². The zero-order chi connectivity index (χ0) is 22.1. The number of benzene rings is 2. The second-order valence-electron chi connectivity index (χ2n) is 7.13. The summed E-state index contributed by atoms with van der Waals surface area (Å²) in [4.78, 5) is 21.9. The SMILES string of the molecule is CC1(C)N=C(N)N=C(N)N1c1cccc(CC(=O)Nc2ccc(S(=O)(=O)F)cc2)c1. The first-order valence-corrected chi connectivity index (χ1v) is 10.3. The molecule has 0 spiro atoms. The lowest BCUT2D eigenvalue weighted by Gasteiger charge is -2.38. The highest BCUT2D eigenvalue weighted by atomic mass is 32.3. The third kappa shape index (κ3) is 4.74. The number of hydrogen-bond acceptors (Lipinski definition) is 8. The van der Waals surface area contributed by atoms with Gasteiger partial charge in [-0.3, -0.25) is 9.69 Å². The number of amides is 1. The fourth-order valence-electron chi connectivity index (χ4n) is 3.15. The van der Waals surface area contributed by atoms with E-state index in [0.29, 0.717) is 16.9 Å². The Bertz CT molecular complexity index is 1140. The van der Waals surface area contributed by atoms with Gasteiger partial charge < -0.3 is 16.8 Å². The van der Waals surface area contributed by atoms with Crippen LogP contribution >= 0.6 is 0 Å². The maximum atomic E-state index is 12.9. The molecule has 3 rings (SSSR count). The molecule has 1 amide bonds. The topological polar surface area (TPSA) is 143 Å². The largest absolute Gasteiger partial charge is 0.369 e. The molecule has 30 heavy (non-hydrogen) atoms. The molecule has 0 radical (unpaired) electrons. The van der Waals surface area contributed by atoms with Crippen LogP contribution in [0.1, 0.15) is 19.4 Å². The number of carbonyl (C=O) groups excluding carboxylic acids is 1. The molecule has 1 aliphatic rings. The van der Waals surface area contributed by atoms with E-state index in [0.717, 1.165) is 12.1 Å². The summed E-state index contributed by atoms with van der Waals surface area (Å²) in [6, 6.07) is 12.0. The molecule has 0 fully saturated rings. The Morgan fingerprint density at radius 2 is 1.83 bits per heavy atom. The van der Waals surface area contributed by atoms with Crippen LogP contribution in [0, 0.1) is 0 Å². The van der Waals surface area contributed by atoms with Gasteiger partial charge in [0.1, 0.15) is 5.66 Å². The molecule has 0 atom stereocenters. The van der Waals surface area contributed by atoms with Crippen LogP contribution in [0.25, 0.3) is 0 Å². The normalized spacial score (nSPS) is 15.9. The van der Waals surface area contributed by atoms with Crippen molar-refractivity contribution in [3.63, 3.8) is 0 Å². The average Bonchev–Trinajstić information content (AvgIpc) is 2.60. The van der Waals surface area contributed by atoms with E-state index in [2.05, 4.69) is 15.3 Å². The van der Waals surface area contributed by atoms with Gasteiger partial charge in [0.15, 0.2) is 0 Å². The van der Waals surface area contributed by atoms with Crippen molar-refractivity contribution in [2.75, 3.05) is 10.2 Å². The first kappa shape index (κ1) is 21.2. The van der Waals surface area contributed by atoms with Gasteiger partial charge in [0.2, 0.25) is 17.8 Å². The summed E-state index contributed by atoms with van der Waals surface area (Å²) in [5, 5.41) is 2.64. The van der Waals surface area contributed by atoms with Crippen LogP contribution in [0.4, 0.5) is 15.3 Å².